The molecular weight excluding hydrogens is 509 g/mol. The Balaban J connectivity index is 1.46. The van der Waals surface area contributed by atoms with Gasteiger partial charge in [-0.15, -0.1) is 0 Å². The normalized spacial score (nSPS) is 21.4. The van der Waals surface area contributed by atoms with Crippen molar-refractivity contribution < 1.29 is 26.7 Å². The average Bonchev–Trinajstić information content (AvgIpc) is 3.28. The van der Waals surface area contributed by atoms with E-state index in [1.54, 1.807) is 33.5 Å². The van der Waals surface area contributed by atoms with Crippen LogP contribution in [0.15, 0.2) is 23.1 Å². The molecule has 38 heavy (non-hydrogen) atoms. The zero-order valence-electron chi connectivity index (χ0n) is 21.2. The minimum Gasteiger partial charge on any atom is -0.336 e. The number of amides is 1. The number of aryl methyl sites for hydroxylation is 1. The van der Waals surface area contributed by atoms with Gasteiger partial charge in [-0.1, -0.05) is 0 Å². The van der Waals surface area contributed by atoms with E-state index in [1.807, 2.05) is 6.92 Å². The number of hydrogen-bond donors (Lipinski definition) is 1. The maximum Gasteiger partial charge on any atom is 0.390 e. The standard InChI is InChI=1S/C26H30F5N5O2/c1-15-11-21-19(12-18(15)24(38)35-10-9-34(16(2)14-35)8-7-26(29,30)31)22-20(23(37)33-21)13-32-36(22)17-3-5-25(27,28)6-4-17/h11-13,16-17H,3-10,14H2,1-2H3,(H,33,37)/t16-/m0/s1. The number of piperazine rings is 1. The van der Waals surface area contributed by atoms with Gasteiger partial charge in [0.05, 0.1) is 35.1 Å². The molecule has 3 aromatic rings. The SMILES string of the molecule is Cc1cc2[nH]c(=O)c3cnn(C4CCC(F)(F)CC4)c3c2cc1C(=O)N1CCN(CCC(F)(F)F)[C@@H](C)C1. The van der Waals surface area contributed by atoms with Crippen molar-refractivity contribution in [2.75, 3.05) is 26.2 Å². The first kappa shape index (κ1) is 26.6. The molecular formula is C26H30F5N5O2. The Bertz CT molecular complexity index is 1420. The lowest BCUT2D eigenvalue weighted by Crippen LogP contribution is -2.54. The Morgan fingerprint density at radius 1 is 1.16 bits per heavy atom. The van der Waals surface area contributed by atoms with Gasteiger partial charge in [0.1, 0.15) is 0 Å². The molecule has 2 aliphatic rings. The van der Waals surface area contributed by atoms with Crippen LogP contribution in [0.5, 0.6) is 0 Å². The number of benzene rings is 1. The molecule has 0 radical (unpaired) electrons. The van der Waals surface area contributed by atoms with Crippen molar-refractivity contribution >= 4 is 27.7 Å². The highest BCUT2D eigenvalue weighted by Crippen LogP contribution is 2.40. The minimum atomic E-state index is -4.23. The van der Waals surface area contributed by atoms with Gasteiger partial charge in [-0.25, -0.2) is 8.78 Å². The molecule has 1 aliphatic heterocycles. The van der Waals surface area contributed by atoms with Gasteiger partial charge in [-0.2, -0.15) is 18.3 Å². The topological polar surface area (TPSA) is 74.2 Å². The van der Waals surface area contributed by atoms with E-state index in [9.17, 15) is 31.5 Å². The lowest BCUT2D eigenvalue weighted by molar-refractivity contribution is -0.140. The molecule has 1 atom stereocenters. The van der Waals surface area contributed by atoms with Crippen molar-refractivity contribution in [1.82, 2.24) is 24.6 Å². The van der Waals surface area contributed by atoms with E-state index in [1.165, 1.54) is 6.20 Å². The summed E-state index contributed by atoms with van der Waals surface area (Å²) in [4.78, 5) is 32.6. The van der Waals surface area contributed by atoms with E-state index in [0.29, 0.717) is 52.6 Å². The number of fused-ring (bicyclic) bond motifs is 3. The number of hydrogen-bond acceptors (Lipinski definition) is 4. The Kier molecular flexibility index (Phi) is 6.73. The number of nitrogens with one attached hydrogen (secondary N) is 1. The van der Waals surface area contributed by atoms with Crippen LogP contribution in [0.25, 0.3) is 21.8 Å². The smallest absolute Gasteiger partial charge is 0.336 e. The Labute approximate surface area is 215 Å². The van der Waals surface area contributed by atoms with E-state index in [2.05, 4.69) is 10.1 Å². The van der Waals surface area contributed by atoms with Crippen molar-refractivity contribution in [3.63, 3.8) is 0 Å². The lowest BCUT2D eigenvalue weighted by Gasteiger charge is -2.40. The second kappa shape index (κ2) is 9.62. The van der Waals surface area contributed by atoms with Gasteiger partial charge in [0.2, 0.25) is 5.92 Å². The first-order valence-corrected chi connectivity index (χ1v) is 12.8. The Morgan fingerprint density at radius 3 is 2.53 bits per heavy atom. The summed E-state index contributed by atoms with van der Waals surface area (Å²) in [5, 5.41) is 5.31. The van der Waals surface area contributed by atoms with Gasteiger partial charge >= 0.3 is 6.18 Å². The van der Waals surface area contributed by atoms with Gasteiger partial charge < -0.3 is 9.88 Å². The third-order valence-electron chi connectivity index (χ3n) is 7.91. The van der Waals surface area contributed by atoms with Gasteiger partial charge in [-0.3, -0.25) is 19.2 Å². The monoisotopic (exact) mass is 539 g/mol. The van der Waals surface area contributed by atoms with E-state index in [0.717, 1.165) is 0 Å². The summed E-state index contributed by atoms with van der Waals surface area (Å²) in [6.45, 7) is 4.40. The summed E-state index contributed by atoms with van der Waals surface area (Å²) < 4.78 is 67.2. The Morgan fingerprint density at radius 2 is 1.87 bits per heavy atom. The summed E-state index contributed by atoms with van der Waals surface area (Å²) in [6.07, 6.45) is -3.74. The molecule has 206 valence electrons. The molecule has 1 aliphatic carbocycles. The van der Waals surface area contributed by atoms with Crippen LogP contribution in [0, 0.1) is 6.92 Å². The van der Waals surface area contributed by atoms with E-state index in [4.69, 9.17) is 0 Å². The largest absolute Gasteiger partial charge is 0.390 e. The number of rotatable bonds is 4. The maximum absolute atomic E-state index is 13.8. The molecule has 0 unspecified atom stereocenters. The van der Waals surface area contributed by atoms with Crippen molar-refractivity contribution in [3.8, 4) is 0 Å². The zero-order valence-corrected chi connectivity index (χ0v) is 21.2. The van der Waals surface area contributed by atoms with Gasteiger partial charge in [0, 0.05) is 56.0 Å². The van der Waals surface area contributed by atoms with Crippen molar-refractivity contribution in [1.29, 1.82) is 0 Å². The highest BCUT2D eigenvalue weighted by molar-refractivity contribution is 6.07. The van der Waals surface area contributed by atoms with Crippen LogP contribution in [-0.2, 0) is 0 Å². The van der Waals surface area contributed by atoms with Gasteiger partial charge in [-0.05, 0) is 44.4 Å². The highest BCUT2D eigenvalue weighted by atomic mass is 19.4. The number of alkyl halides is 5. The van der Waals surface area contributed by atoms with Crippen LogP contribution in [0.2, 0.25) is 0 Å². The quantitative estimate of drug-likeness (QED) is 0.472. The van der Waals surface area contributed by atoms with E-state index in [-0.39, 0.29) is 55.8 Å². The average molecular weight is 540 g/mol. The number of carbonyl (C=O) groups excluding carboxylic acids is 1. The summed E-state index contributed by atoms with van der Waals surface area (Å²) >= 11 is 0. The number of nitrogens with zero attached hydrogens (tertiary/aromatic N) is 4. The first-order valence-electron chi connectivity index (χ1n) is 12.8. The van der Waals surface area contributed by atoms with Gasteiger partial charge in [0.25, 0.3) is 11.5 Å². The molecule has 1 saturated heterocycles. The third kappa shape index (κ3) is 5.14. The first-order chi connectivity index (χ1) is 17.8. The van der Waals surface area contributed by atoms with Crippen LogP contribution >= 0.6 is 0 Å². The lowest BCUT2D eigenvalue weighted by atomic mass is 9.92. The molecule has 1 aromatic carbocycles. The second-order valence-corrected chi connectivity index (χ2v) is 10.6. The predicted molar refractivity (Wildman–Crippen MR) is 133 cm³/mol. The molecule has 1 saturated carbocycles. The number of carbonyl (C=O) groups is 1. The van der Waals surface area contributed by atoms with E-state index >= 15 is 0 Å². The van der Waals surface area contributed by atoms with Crippen molar-refractivity contribution in [2.24, 2.45) is 0 Å². The molecule has 1 amide bonds. The summed E-state index contributed by atoms with van der Waals surface area (Å²) in [5.74, 6) is -2.95. The number of aromatic amines is 1. The fourth-order valence-electron chi connectivity index (χ4n) is 5.72. The molecule has 7 nitrogen and oxygen atoms in total. The van der Waals surface area contributed by atoms with Crippen LogP contribution in [0.1, 0.15) is 61.0 Å². The minimum absolute atomic E-state index is 0.107. The predicted octanol–water partition coefficient (Wildman–Crippen LogP) is 5.04. The van der Waals surface area contributed by atoms with E-state index < -0.39 is 18.5 Å². The van der Waals surface area contributed by atoms with Crippen molar-refractivity contribution in [2.45, 2.75) is 70.1 Å². The van der Waals surface area contributed by atoms with Gasteiger partial charge in [0.15, 0.2) is 0 Å². The molecule has 0 spiro atoms. The third-order valence-corrected chi connectivity index (χ3v) is 7.91. The molecule has 5 rings (SSSR count). The maximum atomic E-state index is 13.8. The summed E-state index contributed by atoms with van der Waals surface area (Å²) in [5.41, 5.74) is 1.75. The van der Waals surface area contributed by atoms with Crippen LogP contribution in [0.4, 0.5) is 22.0 Å². The molecule has 1 N–H and O–H groups in total. The number of H-pyrrole nitrogens is 1. The molecule has 12 heteroatoms. The van der Waals surface area contributed by atoms with Crippen LogP contribution in [-0.4, -0.2) is 74.8 Å². The highest BCUT2D eigenvalue weighted by Gasteiger charge is 2.37. The zero-order chi connectivity index (χ0) is 27.4. The molecule has 0 bridgehead atoms. The summed E-state index contributed by atoms with van der Waals surface area (Å²) in [6, 6.07) is 2.91. The van der Waals surface area contributed by atoms with Crippen molar-refractivity contribution in [3.05, 3.63) is 39.8 Å². The molecule has 3 heterocycles. The number of halogens is 5. The fraction of sp³-hybridized carbons (Fsp3) is 0.577. The molecule has 2 aromatic heterocycles. The Hall–Kier alpha value is -3.02. The van der Waals surface area contributed by atoms with Crippen LogP contribution in [0.3, 0.4) is 0 Å². The van der Waals surface area contributed by atoms with Crippen LogP contribution < -0.4 is 5.56 Å². The number of aromatic nitrogens is 3. The second-order valence-electron chi connectivity index (χ2n) is 10.6. The summed E-state index contributed by atoms with van der Waals surface area (Å²) in [7, 11) is 0. The number of pyridine rings is 1. The molecule has 2 fully saturated rings. The fourth-order valence-corrected chi connectivity index (χ4v) is 5.72.